The van der Waals surface area contributed by atoms with Crippen LogP contribution < -0.4 is 10.1 Å². The normalized spacial score (nSPS) is 11.9. The van der Waals surface area contributed by atoms with Gasteiger partial charge in [0.25, 0.3) is 0 Å². The number of benzene rings is 2. The molecular weight excluding hydrogens is 364 g/mol. The van der Waals surface area contributed by atoms with Crippen molar-refractivity contribution in [2.75, 3.05) is 7.11 Å². The first-order valence-corrected chi connectivity index (χ1v) is 8.59. The number of halogens is 1. The van der Waals surface area contributed by atoms with Gasteiger partial charge in [-0.15, -0.1) is 0 Å². The van der Waals surface area contributed by atoms with Gasteiger partial charge >= 0.3 is 0 Å². The number of rotatable bonds is 6. The second-order valence-corrected chi connectivity index (χ2v) is 6.30. The van der Waals surface area contributed by atoms with Crippen LogP contribution in [0.25, 0.3) is 0 Å². The highest BCUT2D eigenvalue weighted by atomic mass is 79.9. The Morgan fingerprint density at radius 1 is 1.04 bits per heavy atom. The summed E-state index contributed by atoms with van der Waals surface area (Å²) in [7, 11) is 1.67. The number of nitrogens with zero attached hydrogens (tertiary/aromatic N) is 1. The summed E-state index contributed by atoms with van der Waals surface area (Å²) < 4.78 is 6.24. The molecule has 3 aromatic rings. The summed E-state index contributed by atoms with van der Waals surface area (Å²) in [5.41, 5.74) is 3.39. The largest absolute Gasteiger partial charge is 0.496 e. The molecule has 0 fully saturated rings. The van der Waals surface area contributed by atoms with Gasteiger partial charge < -0.3 is 10.1 Å². The third-order valence-corrected chi connectivity index (χ3v) is 4.46. The average molecular weight is 383 g/mol. The van der Waals surface area contributed by atoms with Crippen molar-refractivity contribution in [1.82, 2.24) is 10.3 Å². The zero-order valence-corrected chi connectivity index (χ0v) is 15.0. The van der Waals surface area contributed by atoms with Gasteiger partial charge in [-0.05, 0) is 51.3 Å². The topological polar surface area (TPSA) is 34.1 Å². The molecule has 0 amide bonds. The molecule has 0 radical (unpaired) electrons. The maximum absolute atomic E-state index is 5.29. The number of methoxy groups -OCH3 is 1. The number of hydrogen-bond donors (Lipinski definition) is 1. The van der Waals surface area contributed by atoms with Crippen molar-refractivity contribution < 1.29 is 4.74 Å². The monoisotopic (exact) mass is 382 g/mol. The Morgan fingerprint density at radius 2 is 1.83 bits per heavy atom. The molecule has 3 rings (SSSR count). The van der Waals surface area contributed by atoms with Crippen molar-refractivity contribution >= 4 is 15.9 Å². The summed E-state index contributed by atoms with van der Waals surface area (Å²) >= 11 is 3.54. The fourth-order valence-corrected chi connectivity index (χ4v) is 3.21. The first-order chi connectivity index (χ1) is 11.8. The first-order valence-electron chi connectivity index (χ1n) is 7.79. The van der Waals surface area contributed by atoms with Crippen LogP contribution in [0.3, 0.4) is 0 Å². The van der Waals surface area contributed by atoms with Gasteiger partial charge in [-0.25, -0.2) is 0 Å². The van der Waals surface area contributed by atoms with Crippen LogP contribution in [-0.2, 0) is 6.54 Å². The van der Waals surface area contributed by atoms with Gasteiger partial charge in [-0.1, -0.05) is 42.5 Å². The van der Waals surface area contributed by atoms with E-state index in [-0.39, 0.29) is 6.04 Å². The number of ether oxygens (including phenoxy) is 1. The predicted octanol–water partition coefficient (Wildman–Crippen LogP) is 4.73. The van der Waals surface area contributed by atoms with Crippen molar-refractivity contribution in [3.05, 3.63) is 94.2 Å². The van der Waals surface area contributed by atoms with E-state index in [1.165, 1.54) is 11.1 Å². The van der Waals surface area contributed by atoms with E-state index in [0.29, 0.717) is 0 Å². The van der Waals surface area contributed by atoms with E-state index in [1.807, 2.05) is 30.5 Å². The van der Waals surface area contributed by atoms with Gasteiger partial charge in [0.05, 0.1) is 23.3 Å². The summed E-state index contributed by atoms with van der Waals surface area (Å²) in [5, 5.41) is 3.61. The second kappa shape index (κ2) is 8.08. The van der Waals surface area contributed by atoms with Crippen LogP contribution in [0.5, 0.6) is 5.75 Å². The third-order valence-electron chi connectivity index (χ3n) is 3.84. The van der Waals surface area contributed by atoms with Crippen molar-refractivity contribution in [2.24, 2.45) is 0 Å². The lowest BCUT2D eigenvalue weighted by Gasteiger charge is -2.19. The van der Waals surface area contributed by atoms with Gasteiger partial charge in [0.1, 0.15) is 5.75 Å². The molecule has 0 aliphatic carbocycles. The fourth-order valence-electron chi connectivity index (χ4n) is 2.63. The molecule has 0 aliphatic heterocycles. The van der Waals surface area contributed by atoms with Crippen molar-refractivity contribution in [1.29, 1.82) is 0 Å². The molecule has 1 atom stereocenters. The van der Waals surface area contributed by atoms with Crippen molar-refractivity contribution in [2.45, 2.75) is 12.6 Å². The minimum absolute atomic E-state index is 0.0493. The molecular formula is C20H19BrN2O. The zero-order valence-electron chi connectivity index (χ0n) is 13.4. The molecule has 1 N–H and O–H groups in total. The van der Waals surface area contributed by atoms with Crippen LogP contribution in [0.4, 0.5) is 0 Å². The lowest BCUT2D eigenvalue weighted by Crippen LogP contribution is -2.22. The molecule has 2 aromatic carbocycles. The van der Waals surface area contributed by atoms with Gasteiger partial charge in [0.2, 0.25) is 0 Å². The quantitative estimate of drug-likeness (QED) is 0.668. The predicted molar refractivity (Wildman–Crippen MR) is 100 cm³/mol. The fraction of sp³-hybridized carbons (Fsp3) is 0.150. The maximum Gasteiger partial charge on any atom is 0.133 e. The minimum Gasteiger partial charge on any atom is -0.496 e. The van der Waals surface area contributed by atoms with Gasteiger partial charge in [-0.3, -0.25) is 4.98 Å². The van der Waals surface area contributed by atoms with E-state index in [9.17, 15) is 0 Å². The molecule has 0 saturated heterocycles. The molecule has 0 unspecified atom stereocenters. The first kappa shape index (κ1) is 16.7. The highest BCUT2D eigenvalue weighted by molar-refractivity contribution is 9.10. The number of hydrogen-bond acceptors (Lipinski definition) is 3. The summed E-state index contributed by atoms with van der Waals surface area (Å²) in [5.74, 6) is 0.836. The number of pyridine rings is 1. The van der Waals surface area contributed by atoms with Gasteiger partial charge in [-0.2, -0.15) is 0 Å². The molecule has 1 aromatic heterocycles. The maximum atomic E-state index is 5.29. The highest BCUT2D eigenvalue weighted by Gasteiger charge is 2.14. The molecule has 0 bridgehead atoms. The van der Waals surface area contributed by atoms with E-state index in [2.05, 4.69) is 68.7 Å². The lowest BCUT2D eigenvalue weighted by molar-refractivity contribution is 0.412. The summed E-state index contributed by atoms with van der Waals surface area (Å²) in [6.07, 6.45) is 1.83. The zero-order chi connectivity index (χ0) is 16.8. The molecule has 4 heteroatoms. The number of aromatic nitrogens is 1. The van der Waals surface area contributed by atoms with Crippen LogP contribution in [0, 0.1) is 0 Å². The Balaban J connectivity index is 1.81. The molecule has 3 nitrogen and oxygen atoms in total. The van der Waals surface area contributed by atoms with E-state index >= 15 is 0 Å². The van der Waals surface area contributed by atoms with Crippen LogP contribution in [-0.4, -0.2) is 12.1 Å². The molecule has 0 saturated carbocycles. The second-order valence-electron chi connectivity index (χ2n) is 5.45. The average Bonchev–Trinajstić information content (AvgIpc) is 2.64. The number of nitrogens with one attached hydrogen (secondary N) is 1. The minimum atomic E-state index is 0.0493. The Labute approximate surface area is 150 Å². The van der Waals surface area contributed by atoms with E-state index in [1.54, 1.807) is 7.11 Å². The van der Waals surface area contributed by atoms with Crippen LogP contribution in [0.15, 0.2) is 77.4 Å². The summed E-state index contributed by atoms with van der Waals surface area (Å²) in [4.78, 5) is 4.52. The Bertz CT molecular complexity index is 739. The SMILES string of the molecule is COc1ccc(CN[C@H](c2ccccc2)c2ccccn2)cc1Br. The molecule has 0 aliphatic rings. The summed E-state index contributed by atoms with van der Waals surface area (Å²) in [6, 6.07) is 22.5. The van der Waals surface area contributed by atoms with E-state index in [0.717, 1.165) is 22.5 Å². The standard InChI is InChI=1S/C20H19BrN2O/c1-24-19-11-10-15(13-17(19)21)14-23-20(16-7-3-2-4-8-16)18-9-5-6-12-22-18/h2-13,20,23H,14H2,1H3/t20-/m1/s1. The van der Waals surface area contributed by atoms with Gasteiger partial charge in [0, 0.05) is 12.7 Å². The molecule has 122 valence electrons. The molecule has 0 spiro atoms. The van der Waals surface area contributed by atoms with Crippen LogP contribution in [0.2, 0.25) is 0 Å². The van der Waals surface area contributed by atoms with E-state index < -0.39 is 0 Å². The highest BCUT2D eigenvalue weighted by Crippen LogP contribution is 2.26. The third kappa shape index (κ3) is 4.02. The van der Waals surface area contributed by atoms with Crippen LogP contribution >= 0.6 is 15.9 Å². The Morgan fingerprint density at radius 3 is 2.50 bits per heavy atom. The van der Waals surface area contributed by atoms with Crippen LogP contribution in [0.1, 0.15) is 22.9 Å². The smallest absolute Gasteiger partial charge is 0.133 e. The lowest BCUT2D eigenvalue weighted by atomic mass is 10.0. The Hall–Kier alpha value is -2.17. The summed E-state index contributed by atoms with van der Waals surface area (Å²) in [6.45, 7) is 0.735. The van der Waals surface area contributed by atoms with Crippen molar-refractivity contribution in [3.8, 4) is 5.75 Å². The molecule has 1 heterocycles. The molecule has 24 heavy (non-hydrogen) atoms. The van der Waals surface area contributed by atoms with Gasteiger partial charge in [0.15, 0.2) is 0 Å². The van der Waals surface area contributed by atoms with E-state index in [4.69, 9.17) is 4.74 Å². The Kier molecular flexibility index (Phi) is 5.62. The van der Waals surface area contributed by atoms with Crippen molar-refractivity contribution in [3.63, 3.8) is 0 Å².